The van der Waals surface area contributed by atoms with Gasteiger partial charge in [0.2, 0.25) is 0 Å². The van der Waals surface area contributed by atoms with Crippen molar-refractivity contribution in [3.8, 4) is 0 Å². The zero-order chi connectivity index (χ0) is 18.1. The minimum Gasteiger partial charge on any atom is -0.476 e. The summed E-state index contributed by atoms with van der Waals surface area (Å²) in [5.41, 5.74) is 3.00. The molecule has 1 amide bonds. The molecule has 26 heavy (non-hydrogen) atoms. The SMILES string of the molecule is O=C(O)c1n[nH]c2c1CCN(C(=O)c1csc(Cc3ccccc3)n1)C2. The molecule has 0 atom stereocenters. The van der Waals surface area contributed by atoms with Crippen molar-refractivity contribution < 1.29 is 14.7 Å². The van der Waals surface area contributed by atoms with E-state index in [0.29, 0.717) is 42.9 Å². The normalized spacial score (nSPS) is 13.5. The van der Waals surface area contributed by atoms with Gasteiger partial charge >= 0.3 is 5.97 Å². The quantitative estimate of drug-likeness (QED) is 0.736. The Morgan fingerprint density at radius 2 is 2.08 bits per heavy atom. The summed E-state index contributed by atoms with van der Waals surface area (Å²) in [4.78, 5) is 30.0. The smallest absolute Gasteiger partial charge is 0.356 e. The van der Waals surface area contributed by atoms with Crippen molar-refractivity contribution in [2.45, 2.75) is 19.4 Å². The molecule has 0 bridgehead atoms. The van der Waals surface area contributed by atoms with E-state index in [1.807, 2.05) is 30.3 Å². The molecule has 1 aliphatic rings. The van der Waals surface area contributed by atoms with Crippen LogP contribution < -0.4 is 0 Å². The fraction of sp³-hybridized carbons (Fsp3) is 0.222. The molecule has 0 unspecified atom stereocenters. The maximum absolute atomic E-state index is 12.7. The predicted octanol–water partition coefficient (Wildman–Crippen LogP) is 2.35. The van der Waals surface area contributed by atoms with Crippen molar-refractivity contribution in [3.63, 3.8) is 0 Å². The summed E-state index contributed by atoms with van der Waals surface area (Å²) in [6.45, 7) is 0.775. The molecule has 0 radical (unpaired) electrons. The maximum atomic E-state index is 12.7. The number of nitrogens with zero attached hydrogens (tertiary/aromatic N) is 3. The van der Waals surface area contributed by atoms with Crippen LogP contribution >= 0.6 is 11.3 Å². The predicted molar refractivity (Wildman–Crippen MR) is 95.4 cm³/mol. The third-order valence-corrected chi connectivity index (χ3v) is 5.24. The van der Waals surface area contributed by atoms with Gasteiger partial charge < -0.3 is 10.0 Å². The van der Waals surface area contributed by atoms with Crippen molar-refractivity contribution in [2.75, 3.05) is 6.54 Å². The second-order valence-corrected chi connectivity index (χ2v) is 7.04. The van der Waals surface area contributed by atoms with E-state index in [0.717, 1.165) is 10.6 Å². The van der Waals surface area contributed by atoms with E-state index >= 15 is 0 Å². The average molecular weight is 368 g/mol. The first-order chi connectivity index (χ1) is 12.6. The number of rotatable bonds is 4. The molecule has 7 nitrogen and oxygen atoms in total. The topological polar surface area (TPSA) is 99.2 Å². The van der Waals surface area contributed by atoms with Crippen LogP contribution in [0.4, 0.5) is 0 Å². The van der Waals surface area contributed by atoms with E-state index < -0.39 is 5.97 Å². The molecule has 8 heteroatoms. The Balaban J connectivity index is 1.47. The summed E-state index contributed by atoms with van der Waals surface area (Å²) in [7, 11) is 0. The number of carbonyl (C=O) groups excluding carboxylic acids is 1. The Labute approximate surface area is 153 Å². The van der Waals surface area contributed by atoms with Crippen LogP contribution in [0.5, 0.6) is 0 Å². The number of carboxylic acid groups (broad SMARTS) is 1. The number of nitrogens with one attached hydrogen (secondary N) is 1. The van der Waals surface area contributed by atoms with E-state index in [-0.39, 0.29) is 11.6 Å². The van der Waals surface area contributed by atoms with Crippen LogP contribution in [0.3, 0.4) is 0 Å². The van der Waals surface area contributed by atoms with Crippen LogP contribution in [-0.2, 0) is 19.4 Å². The molecule has 3 aromatic rings. The standard InChI is InChI=1S/C18H16N4O3S/c23-17(14-10-26-15(19-14)8-11-4-2-1-3-5-11)22-7-6-12-13(9-22)20-21-16(12)18(24)25/h1-5,10H,6-9H2,(H,20,21)(H,24,25). The van der Waals surface area contributed by atoms with E-state index in [9.17, 15) is 9.59 Å². The van der Waals surface area contributed by atoms with E-state index in [2.05, 4.69) is 15.2 Å². The number of carboxylic acids is 1. The van der Waals surface area contributed by atoms with Crippen LogP contribution in [-0.4, -0.2) is 43.6 Å². The lowest BCUT2D eigenvalue weighted by Gasteiger charge is -2.26. The molecule has 2 aromatic heterocycles. The molecular weight excluding hydrogens is 352 g/mol. The lowest BCUT2D eigenvalue weighted by Crippen LogP contribution is -2.36. The van der Waals surface area contributed by atoms with Crippen LogP contribution in [0.2, 0.25) is 0 Å². The van der Waals surface area contributed by atoms with Crippen molar-refractivity contribution in [1.29, 1.82) is 0 Å². The number of amides is 1. The number of carbonyl (C=O) groups is 2. The molecule has 0 saturated carbocycles. The van der Waals surface area contributed by atoms with Crippen LogP contribution in [0.15, 0.2) is 35.7 Å². The number of aromatic amines is 1. The summed E-state index contributed by atoms with van der Waals surface area (Å²) < 4.78 is 0. The third-order valence-electron chi connectivity index (χ3n) is 4.39. The Bertz CT molecular complexity index is 964. The molecule has 0 spiro atoms. The average Bonchev–Trinajstić information content (AvgIpc) is 3.28. The highest BCUT2D eigenvalue weighted by molar-refractivity contribution is 7.09. The van der Waals surface area contributed by atoms with Gasteiger partial charge in [-0.05, 0) is 12.0 Å². The second-order valence-electron chi connectivity index (χ2n) is 6.10. The molecule has 0 fully saturated rings. The summed E-state index contributed by atoms with van der Waals surface area (Å²) in [6.07, 6.45) is 1.17. The van der Waals surface area contributed by atoms with Gasteiger partial charge in [-0.2, -0.15) is 5.10 Å². The van der Waals surface area contributed by atoms with Crippen LogP contribution in [0, 0.1) is 0 Å². The Morgan fingerprint density at radius 3 is 2.85 bits per heavy atom. The summed E-state index contributed by atoms with van der Waals surface area (Å²) >= 11 is 1.47. The molecule has 0 saturated heterocycles. The van der Waals surface area contributed by atoms with Crippen molar-refractivity contribution in [1.82, 2.24) is 20.1 Å². The van der Waals surface area contributed by atoms with E-state index in [4.69, 9.17) is 5.11 Å². The van der Waals surface area contributed by atoms with Crippen LogP contribution in [0.1, 0.15) is 42.8 Å². The molecule has 1 aromatic carbocycles. The fourth-order valence-electron chi connectivity index (χ4n) is 3.09. The molecular formula is C18H16N4O3S. The number of fused-ring (bicyclic) bond motifs is 1. The lowest BCUT2D eigenvalue weighted by atomic mass is 10.0. The highest BCUT2D eigenvalue weighted by Crippen LogP contribution is 2.23. The van der Waals surface area contributed by atoms with Gasteiger partial charge in [-0.25, -0.2) is 9.78 Å². The van der Waals surface area contributed by atoms with Gasteiger partial charge in [0.25, 0.3) is 5.91 Å². The first kappa shape index (κ1) is 16.5. The Morgan fingerprint density at radius 1 is 1.27 bits per heavy atom. The van der Waals surface area contributed by atoms with E-state index in [1.54, 1.807) is 10.3 Å². The summed E-state index contributed by atoms with van der Waals surface area (Å²) in [5.74, 6) is -1.19. The van der Waals surface area contributed by atoms with Gasteiger partial charge in [-0.3, -0.25) is 9.89 Å². The zero-order valence-corrected chi connectivity index (χ0v) is 14.6. The lowest BCUT2D eigenvalue weighted by molar-refractivity contribution is 0.0689. The maximum Gasteiger partial charge on any atom is 0.356 e. The van der Waals surface area contributed by atoms with Crippen LogP contribution in [0.25, 0.3) is 0 Å². The fourth-order valence-corrected chi connectivity index (χ4v) is 3.89. The number of thiazole rings is 1. The van der Waals surface area contributed by atoms with Crippen molar-refractivity contribution >= 4 is 23.2 Å². The largest absolute Gasteiger partial charge is 0.476 e. The number of hydrogen-bond donors (Lipinski definition) is 2. The molecule has 1 aliphatic heterocycles. The highest BCUT2D eigenvalue weighted by atomic mass is 32.1. The minimum atomic E-state index is -1.05. The number of hydrogen-bond acceptors (Lipinski definition) is 5. The van der Waals surface area contributed by atoms with Crippen molar-refractivity contribution in [3.05, 3.63) is 68.9 Å². The molecule has 2 N–H and O–H groups in total. The second kappa shape index (κ2) is 6.72. The summed E-state index contributed by atoms with van der Waals surface area (Å²) in [6, 6.07) is 10.0. The Kier molecular flexibility index (Phi) is 4.26. The number of benzene rings is 1. The minimum absolute atomic E-state index is 0.0471. The molecule has 4 rings (SSSR count). The summed E-state index contributed by atoms with van der Waals surface area (Å²) in [5, 5.41) is 18.4. The molecule has 0 aliphatic carbocycles. The number of H-pyrrole nitrogens is 1. The van der Waals surface area contributed by atoms with Gasteiger partial charge in [0, 0.05) is 23.9 Å². The van der Waals surface area contributed by atoms with Gasteiger partial charge in [0.05, 0.1) is 17.2 Å². The highest BCUT2D eigenvalue weighted by Gasteiger charge is 2.28. The first-order valence-electron chi connectivity index (χ1n) is 8.19. The van der Waals surface area contributed by atoms with Gasteiger partial charge in [0.15, 0.2) is 5.69 Å². The van der Waals surface area contributed by atoms with Gasteiger partial charge in [-0.1, -0.05) is 30.3 Å². The van der Waals surface area contributed by atoms with Crippen molar-refractivity contribution in [2.24, 2.45) is 0 Å². The number of aromatic carboxylic acids is 1. The monoisotopic (exact) mass is 368 g/mol. The van der Waals surface area contributed by atoms with Gasteiger partial charge in [-0.15, -0.1) is 11.3 Å². The molecule has 132 valence electrons. The number of aromatic nitrogens is 3. The van der Waals surface area contributed by atoms with Gasteiger partial charge in [0.1, 0.15) is 5.69 Å². The zero-order valence-electron chi connectivity index (χ0n) is 13.8. The first-order valence-corrected chi connectivity index (χ1v) is 9.07. The third kappa shape index (κ3) is 3.11. The Hall–Kier alpha value is -3.00. The molecule has 3 heterocycles. The van der Waals surface area contributed by atoms with E-state index in [1.165, 1.54) is 11.3 Å².